The third-order valence-electron chi connectivity index (χ3n) is 12.1. The Balaban J connectivity index is 1.31. The molecule has 0 bridgehead atoms. The van der Waals surface area contributed by atoms with Gasteiger partial charge in [0.25, 0.3) is 0 Å². The van der Waals surface area contributed by atoms with Crippen LogP contribution in [-0.4, -0.2) is 43.0 Å². The van der Waals surface area contributed by atoms with Gasteiger partial charge in [-0.3, -0.25) is 9.59 Å². The molecule has 1 aliphatic heterocycles. The number of rotatable bonds is 8. The molecular weight excluding hydrogens is 490 g/mol. The van der Waals surface area contributed by atoms with Gasteiger partial charge in [-0.05, 0) is 92.3 Å². The molecule has 0 aromatic heterocycles. The Morgan fingerprint density at radius 1 is 1.18 bits per heavy atom. The number of ether oxygens (including phenoxy) is 3. The number of carbonyl (C=O) groups is 2. The molecule has 6 heteroatoms. The van der Waals surface area contributed by atoms with Crippen LogP contribution in [0.2, 0.25) is 0 Å². The number of amides is 1. The van der Waals surface area contributed by atoms with E-state index in [0.29, 0.717) is 48.7 Å². The molecule has 0 radical (unpaired) electrons. The van der Waals surface area contributed by atoms with E-state index >= 15 is 0 Å². The highest BCUT2D eigenvalue weighted by atomic mass is 16.7. The molecule has 0 spiro atoms. The van der Waals surface area contributed by atoms with Gasteiger partial charge in [0.2, 0.25) is 5.91 Å². The van der Waals surface area contributed by atoms with Crippen molar-refractivity contribution in [1.29, 1.82) is 0 Å². The Morgan fingerprint density at radius 3 is 2.64 bits per heavy atom. The van der Waals surface area contributed by atoms with Gasteiger partial charge >= 0.3 is 5.97 Å². The first-order valence-corrected chi connectivity index (χ1v) is 15.9. The first-order valence-electron chi connectivity index (χ1n) is 15.9. The maximum atomic E-state index is 11.6. The van der Waals surface area contributed by atoms with Crippen LogP contribution in [0, 0.1) is 46.3 Å². The highest BCUT2D eigenvalue weighted by Gasteiger charge is 2.68. The summed E-state index contributed by atoms with van der Waals surface area (Å²) in [4.78, 5) is 23.0. The molecule has 39 heavy (non-hydrogen) atoms. The largest absolute Gasteiger partial charge is 0.462 e. The van der Waals surface area contributed by atoms with Crippen LogP contribution in [0.3, 0.4) is 0 Å². The van der Waals surface area contributed by atoms with Crippen molar-refractivity contribution in [2.24, 2.45) is 46.3 Å². The maximum absolute atomic E-state index is 11.6. The molecule has 0 unspecified atom stereocenters. The van der Waals surface area contributed by atoms with E-state index < -0.39 is 5.79 Å². The highest BCUT2D eigenvalue weighted by molar-refractivity contribution is 5.72. The summed E-state index contributed by atoms with van der Waals surface area (Å²) in [5, 5.41) is 2.97. The zero-order chi connectivity index (χ0) is 28.2. The number of allylic oxidation sites excluding steroid dienone is 1. The van der Waals surface area contributed by atoms with Crippen molar-refractivity contribution in [3.05, 3.63) is 11.6 Å². The van der Waals surface area contributed by atoms with Gasteiger partial charge in [-0.25, -0.2) is 0 Å². The number of hydrogen-bond donors (Lipinski definition) is 1. The molecule has 1 heterocycles. The zero-order valence-corrected chi connectivity index (χ0v) is 25.5. The van der Waals surface area contributed by atoms with Crippen molar-refractivity contribution < 1.29 is 23.8 Å². The second-order valence-corrected chi connectivity index (χ2v) is 14.3. The molecule has 1 amide bonds. The normalized spacial score (nSPS) is 45.3. The minimum absolute atomic E-state index is 0.0342. The lowest BCUT2D eigenvalue weighted by atomic mass is 9.47. The van der Waals surface area contributed by atoms with Crippen LogP contribution in [0.25, 0.3) is 0 Å². The number of nitrogens with one attached hydrogen (secondary N) is 1. The monoisotopic (exact) mass is 543 g/mol. The number of esters is 1. The van der Waals surface area contributed by atoms with E-state index in [1.54, 1.807) is 12.5 Å². The Hall–Kier alpha value is -1.40. The van der Waals surface area contributed by atoms with Crippen LogP contribution in [0.1, 0.15) is 106 Å². The van der Waals surface area contributed by atoms with Crippen LogP contribution < -0.4 is 5.32 Å². The van der Waals surface area contributed by atoms with E-state index in [9.17, 15) is 9.59 Å². The molecule has 3 saturated carbocycles. The van der Waals surface area contributed by atoms with Gasteiger partial charge in [0.1, 0.15) is 6.10 Å². The third-order valence-corrected chi connectivity index (χ3v) is 12.1. The predicted molar refractivity (Wildman–Crippen MR) is 152 cm³/mol. The van der Waals surface area contributed by atoms with E-state index in [-0.39, 0.29) is 34.9 Å². The SMILES string of the molecule is CCO[C@]1(CC[C@H](C)CNC(C)=O)O[C@H]2C[C@H]3[C@@H]4CC=C5C[C@H](OC(C)=O)CC[C@]5(C)[C@H]4CC[C@]3(C)[C@H]2[C@@H]1C. The van der Waals surface area contributed by atoms with E-state index in [1.165, 1.54) is 19.8 Å². The van der Waals surface area contributed by atoms with E-state index in [0.717, 1.165) is 44.9 Å². The molecular formula is C33H53NO5. The van der Waals surface area contributed by atoms with E-state index in [4.69, 9.17) is 14.2 Å². The first-order chi connectivity index (χ1) is 18.4. The summed E-state index contributed by atoms with van der Waals surface area (Å²) in [5.74, 6) is 2.76. The van der Waals surface area contributed by atoms with Crippen LogP contribution in [0.5, 0.6) is 0 Å². The Bertz CT molecular complexity index is 979. The van der Waals surface area contributed by atoms with Gasteiger partial charge in [0.05, 0.1) is 6.10 Å². The quantitative estimate of drug-likeness (QED) is 0.282. The van der Waals surface area contributed by atoms with Crippen molar-refractivity contribution in [3.63, 3.8) is 0 Å². The van der Waals surface area contributed by atoms with Crippen molar-refractivity contribution in [3.8, 4) is 0 Å². The summed E-state index contributed by atoms with van der Waals surface area (Å²) < 4.78 is 19.2. The average Bonchev–Trinajstić information content (AvgIpc) is 3.32. The summed E-state index contributed by atoms with van der Waals surface area (Å²) in [6.07, 6.45) is 12.6. The zero-order valence-electron chi connectivity index (χ0n) is 25.5. The number of fused-ring (bicyclic) bond motifs is 7. The van der Waals surface area contributed by atoms with Gasteiger partial charge < -0.3 is 19.5 Å². The molecule has 4 fully saturated rings. The van der Waals surface area contributed by atoms with Crippen LogP contribution in [0.15, 0.2) is 11.6 Å². The van der Waals surface area contributed by atoms with Gasteiger partial charge in [-0.15, -0.1) is 0 Å². The summed E-state index contributed by atoms with van der Waals surface area (Å²) in [6, 6.07) is 0. The van der Waals surface area contributed by atoms with E-state index in [1.807, 2.05) is 0 Å². The fourth-order valence-corrected chi connectivity index (χ4v) is 10.3. The molecule has 6 nitrogen and oxygen atoms in total. The van der Waals surface area contributed by atoms with Crippen LogP contribution in [-0.2, 0) is 23.8 Å². The molecule has 0 aromatic carbocycles. The number of hydrogen-bond acceptors (Lipinski definition) is 5. The topological polar surface area (TPSA) is 73.9 Å². The summed E-state index contributed by atoms with van der Waals surface area (Å²) in [6.45, 7) is 16.3. The lowest BCUT2D eigenvalue weighted by molar-refractivity contribution is -0.250. The minimum Gasteiger partial charge on any atom is -0.462 e. The standard InChI is InChI=1S/C33H53NO5/c1-8-37-33(16-11-20(2)19-34-22(4)35)21(3)30-29(39-33)18-28-26-10-9-24-17-25(38-23(5)36)12-14-31(24,6)27(26)13-15-32(28,30)7/h9,20-21,25-30H,8,10-19H2,1-7H3,(H,34,35)/t20-,21-,25+,26+,27-,28-,29-,30-,31-,32-,33+/m0/s1. The fourth-order valence-electron chi connectivity index (χ4n) is 10.3. The molecule has 5 rings (SSSR count). The average molecular weight is 544 g/mol. The van der Waals surface area contributed by atoms with E-state index in [2.05, 4.69) is 46.0 Å². The van der Waals surface area contributed by atoms with Crippen molar-refractivity contribution in [1.82, 2.24) is 5.32 Å². The number of carbonyl (C=O) groups excluding carboxylic acids is 2. The first kappa shape index (κ1) is 29.1. The predicted octanol–water partition coefficient (Wildman–Crippen LogP) is 6.43. The van der Waals surface area contributed by atoms with Crippen LogP contribution >= 0.6 is 0 Å². The van der Waals surface area contributed by atoms with Crippen molar-refractivity contribution >= 4 is 11.9 Å². The van der Waals surface area contributed by atoms with Gasteiger partial charge in [-0.2, -0.15) is 0 Å². The fraction of sp³-hybridized carbons (Fsp3) is 0.879. The van der Waals surface area contributed by atoms with Gasteiger partial charge in [0, 0.05) is 45.8 Å². The summed E-state index contributed by atoms with van der Waals surface area (Å²) in [5.41, 5.74) is 2.07. The van der Waals surface area contributed by atoms with Crippen molar-refractivity contribution in [2.45, 2.75) is 124 Å². The maximum Gasteiger partial charge on any atom is 0.302 e. The molecule has 5 aliphatic rings. The smallest absolute Gasteiger partial charge is 0.302 e. The second kappa shape index (κ2) is 10.8. The Labute approximate surface area is 236 Å². The Kier molecular flexibility index (Phi) is 8.04. The minimum atomic E-state index is -0.514. The Morgan fingerprint density at radius 2 is 1.95 bits per heavy atom. The molecule has 1 saturated heterocycles. The highest BCUT2D eigenvalue weighted by Crippen LogP contribution is 2.70. The lowest BCUT2D eigenvalue weighted by Gasteiger charge is -2.58. The summed E-state index contributed by atoms with van der Waals surface area (Å²) in [7, 11) is 0. The summed E-state index contributed by atoms with van der Waals surface area (Å²) >= 11 is 0. The van der Waals surface area contributed by atoms with Crippen LogP contribution in [0.4, 0.5) is 0 Å². The molecule has 4 aliphatic carbocycles. The molecule has 11 atom stereocenters. The third kappa shape index (κ3) is 5.00. The molecule has 220 valence electrons. The van der Waals surface area contributed by atoms with Gasteiger partial charge in [-0.1, -0.05) is 39.3 Å². The van der Waals surface area contributed by atoms with Gasteiger partial charge in [0.15, 0.2) is 5.79 Å². The van der Waals surface area contributed by atoms with Crippen molar-refractivity contribution in [2.75, 3.05) is 13.2 Å². The molecule has 1 N–H and O–H groups in total. The lowest BCUT2D eigenvalue weighted by Crippen LogP contribution is -2.52. The second-order valence-electron chi connectivity index (χ2n) is 14.3. The molecule has 0 aromatic rings.